The van der Waals surface area contributed by atoms with Crippen LogP contribution in [0, 0.1) is 5.92 Å². The van der Waals surface area contributed by atoms with Crippen LogP contribution in [0.2, 0.25) is 0 Å². The molecule has 0 unspecified atom stereocenters. The van der Waals surface area contributed by atoms with Crippen molar-refractivity contribution in [2.45, 2.75) is 25.8 Å². The van der Waals surface area contributed by atoms with E-state index in [1.807, 2.05) is 24.5 Å². The van der Waals surface area contributed by atoms with Crippen LogP contribution in [0.4, 0.5) is 0 Å². The Morgan fingerprint density at radius 3 is 3.05 bits per heavy atom. The predicted molar refractivity (Wildman–Crippen MR) is 81.3 cm³/mol. The van der Waals surface area contributed by atoms with Crippen molar-refractivity contribution in [3.8, 4) is 0 Å². The van der Waals surface area contributed by atoms with Gasteiger partial charge >= 0.3 is 0 Å². The second-order valence-corrected chi connectivity index (χ2v) is 6.39. The number of furan rings is 1. The van der Waals surface area contributed by atoms with Gasteiger partial charge < -0.3 is 8.98 Å². The Morgan fingerprint density at radius 2 is 2.35 bits per heavy atom. The van der Waals surface area contributed by atoms with Gasteiger partial charge in [0.25, 0.3) is 0 Å². The first-order valence-corrected chi connectivity index (χ1v) is 7.93. The number of hydrogen-bond acceptors (Lipinski definition) is 3. The highest BCUT2D eigenvalue weighted by atomic mass is 79.9. The third-order valence-corrected chi connectivity index (χ3v) is 4.43. The lowest BCUT2D eigenvalue weighted by Gasteiger charge is -2.32. The van der Waals surface area contributed by atoms with Gasteiger partial charge in [-0.25, -0.2) is 4.98 Å². The van der Waals surface area contributed by atoms with Crippen molar-refractivity contribution in [1.29, 1.82) is 0 Å². The van der Waals surface area contributed by atoms with Crippen LogP contribution in [0.3, 0.4) is 0 Å². The number of piperidine rings is 1. The van der Waals surface area contributed by atoms with Crippen molar-refractivity contribution < 1.29 is 4.42 Å². The van der Waals surface area contributed by atoms with Gasteiger partial charge in [0.1, 0.15) is 11.6 Å². The van der Waals surface area contributed by atoms with Crippen LogP contribution in [-0.4, -0.2) is 27.5 Å². The molecule has 0 aliphatic carbocycles. The summed E-state index contributed by atoms with van der Waals surface area (Å²) >= 11 is 3.36. The van der Waals surface area contributed by atoms with Crippen molar-refractivity contribution in [3.63, 3.8) is 0 Å². The third kappa shape index (κ3) is 3.33. The van der Waals surface area contributed by atoms with E-state index in [0.717, 1.165) is 36.5 Å². The molecule has 108 valence electrons. The molecule has 1 aliphatic heterocycles. The molecule has 0 bridgehead atoms. The minimum absolute atomic E-state index is 0.697. The smallest absolute Gasteiger partial charge is 0.169 e. The largest absolute Gasteiger partial charge is 0.453 e. The van der Waals surface area contributed by atoms with Crippen molar-refractivity contribution in [2.75, 3.05) is 13.1 Å². The maximum atomic E-state index is 5.61. The molecule has 0 amide bonds. The lowest BCUT2D eigenvalue weighted by Crippen LogP contribution is -2.35. The summed E-state index contributed by atoms with van der Waals surface area (Å²) in [5.74, 6) is 2.93. The highest BCUT2D eigenvalue weighted by molar-refractivity contribution is 9.10. The average molecular weight is 338 g/mol. The van der Waals surface area contributed by atoms with E-state index in [1.54, 1.807) is 0 Å². The summed E-state index contributed by atoms with van der Waals surface area (Å²) < 4.78 is 8.55. The zero-order chi connectivity index (χ0) is 13.9. The van der Waals surface area contributed by atoms with Crippen molar-refractivity contribution in [2.24, 2.45) is 13.0 Å². The molecule has 4 nitrogen and oxygen atoms in total. The van der Waals surface area contributed by atoms with Gasteiger partial charge in [0.05, 0.1) is 6.54 Å². The Bertz CT molecular complexity index is 563. The molecule has 1 aliphatic rings. The molecule has 1 saturated heterocycles. The third-order valence-electron chi connectivity index (χ3n) is 4.00. The quantitative estimate of drug-likeness (QED) is 0.858. The fourth-order valence-corrected chi connectivity index (χ4v) is 3.31. The number of likely N-dealkylation sites (tertiary alicyclic amines) is 1. The molecular formula is C15H20BrN3O. The number of imidazole rings is 1. The molecule has 5 heteroatoms. The fourth-order valence-electron chi connectivity index (χ4n) is 2.97. The van der Waals surface area contributed by atoms with Gasteiger partial charge in [-0.1, -0.05) is 0 Å². The monoisotopic (exact) mass is 337 g/mol. The van der Waals surface area contributed by atoms with Gasteiger partial charge in [0.15, 0.2) is 4.67 Å². The standard InChI is InChI=1S/C15H20BrN3O/c1-18-8-6-17-15(18)9-12-3-2-7-19(10-12)11-13-4-5-14(16)20-13/h4-6,8,12H,2-3,7,9-11H2,1H3/t12-/m1/s1. The van der Waals surface area contributed by atoms with Crippen LogP contribution in [0.25, 0.3) is 0 Å². The van der Waals surface area contributed by atoms with Crippen LogP contribution < -0.4 is 0 Å². The lowest BCUT2D eigenvalue weighted by atomic mass is 9.94. The molecule has 0 N–H and O–H groups in total. The molecule has 2 aromatic rings. The molecule has 1 atom stereocenters. The second kappa shape index (κ2) is 6.14. The zero-order valence-electron chi connectivity index (χ0n) is 11.8. The van der Waals surface area contributed by atoms with Gasteiger partial charge in [0.2, 0.25) is 0 Å². The molecule has 1 fully saturated rings. The van der Waals surface area contributed by atoms with E-state index >= 15 is 0 Å². The number of halogens is 1. The van der Waals surface area contributed by atoms with E-state index in [0.29, 0.717) is 5.92 Å². The van der Waals surface area contributed by atoms with Gasteiger partial charge in [-0.3, -0.25) is 4.90 Å². The van der Waals surface area contributed by atoms with Crippen LogP contribution in [-0.2, 0) is 20.0 Å². The Kier molecular flexibility index (Phi) is 4.27. The van der Waals surface area contributed by atoms with Crippen LogP contribution in [0.15, 0.2) is 33.6 Å². The Hall–Kier alpha value is -1.07. The van der Waals surface area contributed by atoms with E-state index in [-0.39, 0.29) is 0 Å². The van der Waals surface area contributed by atoms with Gasteiger partial charge in [0, 0.05) is 32.4 Å². The first kappa shape index (κ1) is 13.9. The molecule has 0 aromatic carbocycles. The predicted octanol–water partition coefficient (Wildman–Crippen LogP) is 3.23. The average Bonchev–Trinajstić information content (AvgIpc) is 3.00. The second-order valence-electron chi connectivity index (χ2n) is 5.61. The van der Waals surface area contributed by atoms with Gasteiger partial charge in [-0.15, -0.1) is 0 Å². The minimum atomic E-state index is 0.697. The van der Waals surface area contributed by atoms with Crippen molar-refractivity contribution >= 4 is 15.9 Å². The van der Waals surface area contributed by atoms with Crippen LogP contribution in [0.1, 0.15) is 24.4 Å². The summed E-state index contributed by atoms with van der Waals surface area (Å²) in [6.45, 7) is 3.20. The maximum absolute atomic E-state index is 5.61. The van der Waals surface area contributed by atoms with E-state index in [9.17, 15) is 0 Å². The lowest BCUT2D eigenvalue weighted by molar-refractivity contribution is 0.154. The first-order chi connectivity index (χ1) is 9.70. The van der Waals surface area contributed by atoms with Crippen LogP contribution in [0.5, 0.6) is 0 Å². The Balaban J connectivity index is 1.57. The van der Waals surface area contributed by atoms with Crippen molar-refractivity contribution in [1.82, 2.24) is 14.5 Å². The number of aryl methyl sites for hydroxylation is 1. The van der Waals surface area contributed by atoms with E-state index in [2.05, 4.69) is 37.4 Å². The minimum Gasteiger partial charge on any atom is -0.453 e. The Labute approximate surface area is 127 Å². The highest BCUT2D eigenvalue weighted by Crippen LogP contribution is 2.23. The molecule has 0 radical (unpaired) electrons. The van der Waals surface area contributed by atoms with Gasteiger partial charge in [-0.05, 0) is 53.4 Å². The molecule has 0 saturated carbocycles. The topological polar surface area (TPSA) is 34.2 Å². The molecule has 3 heterocycles. The number of nitrogens with zero attached hydrogens (tertiary/aromatic N) is 3. The highest BCUT2D eigenvalue weighted by Gasteiger charge is 2.22. The number of hydrogen-bond donors (Lipinski definition) is 0. The summed E-state index contributed by atoms with van der Waals surface area (Å²) in [6, 6.07) is 4.01. The summed E-state index contributed by atoms with van der Waals surface area (Å²) in [4.78, 5) is 6.93. The fraction of sp³-hybridized carbons (Fsp3) is 0.533. The summed E-state index contributed by atoms with van der Waals surface area (Å²) in [5.41, 5.74) is 0. The zero-order valence-corrected chi connectivity index (χ0v) is 13.3. The SMILES string of the molecule is Cn1ccnc1C[C@H]1CCCN(Cc2ccc(Br)o2)C1. The van der Waals surface area contributed by atoms with Crippen LogP contribution >= 0.6 is 15.9 Å². The summed E-state index contributed by atoms with van der Waals surface area (Å²) in [7, 11) is 2.07. The molecule has 2 aromatic heterocycles. The maximum Gasteiger partial charge on any atom is 0.169 e. The normalized spacial score (nSPS) is 20.4. The molecule has 3 rings (SSSR count). The number of rotatable bonds is 4. The molecule has 0 spiro atoms. The summed E-state index contributed by atoms with van der Waals surface area (Å²) in [6.07, 6.45) is 7.54. The van der Waals surface area contributed by atoms with E-state index in [4.69, 9.17) is 4.42 Å². The first-order valence-electron chi connectivity index (χ1n) is 7.13. The number of aromatic nitrogens is 2. The van der Waals surface area contributed by atoms with Crippen molar-refractivity contribution in [3.05, 3.63) is 40.8 Å². The van der Waals surface area contributed by atoms with E-state index in [1.165, 1.54) is 18.7 Å². The van der Waals surface area contributed by atoms with E-state index < -0.39 is 0 Å². The van der Waals surface area contributed by atoms with Gasteiger partial charge in [-0.2, -0.15) is 0 Å². The Morgan fingerprint density at radius 1 is 1.45 bits per heavy atom. The molecular weight excluding hydrogens is 318 g/mol. The summed E-state index contributed by atoms with van der Waals surface area (Å²) in [5, 5.41) is 0. The molecule has 20 heavy (non-hydrogen) atoms.